The summed E-state index contributed by atoms with van der Waals surface area (Å²) >= 11 is 8.07. The number of esters is 1. The van der Waals surface area contributed by atoms with Gasteiger partial charge in [-0.05, 0) is 59.4 Å². The van der Waals surface area contributed by atoms with Crippen LogP contribution in [0.25, 0.3) is 0 Å². The van der Waals surface area contributed by atoms with E-state index in [1.165, 1.54) is 18.2 Å². The molecular weight excluding hydrogens is 468 g/mol. The lowest BCUT2D eigenvalue weighted by Crippen LogP contribution is -2.05. The van der Waals surface area contributed by atoms with Crippen LogP contribution in [0, 0.1) is 0 Å². The molecule has 180 valence electrons. The molecule has 0 amide bonds. The van der Waals surface area contributed by atoms with Crippen LogP contribution in [-0.4, -0.2) is 30.5 Å². The second-order valence-electron chi connectivity index (χ2n) is 8.02. The number of carbonyl (C=O) groups excluding carboxylic acids is 1. The molecule has 6 heteroatoms. The van der Waals surface area contributed by atoms with E-state index in [9.17, 15) is 9.90 Å². The van der Waals surface area contributed by atoms with Gasteiger partial charge in [-0.1, -0.05) is 61.3 Å². The molecular formula is C28H31ClO4S. The minimum absolute atomic E-state index is 0.220. The minimum Gasteiger partial charge on any atom is -0.508 e. The molecule has 0 heterocycles. The molecule has 3 aromatic carbocycles. The van der Waals surface area contributed by atoms with E-state index < -0.39 is 0 Å². The van der Waals surface area contributed by atoms with Crippen LogP contribution in [0.4, 0.5) is 0 Å². The van der Waals surface area contributed by atoms with Gasteiger partial charge >= 0.3 is 5.97 Å². The van der Waals surface area contributed by atoms with Gasteiger partial charge in [0.1, 0.15) is 11.5 Å². The molecule has 0 bridgehead atoms. The molecule has 0 unspecified atom stereocenters. The molecule has 1 N–H and O–H groups in total. The van der Waals surface area contributed by atoms with E-state index in [1.807, 2.05) is 48.5 Å². The van der Waals surface area contributed by atoms with Crippen LogP contribution >= 0.6 is 23.4 Å². The Kier molecular flexibility index (Phi) is 10.2. The summed E-state index contributed by atoms with van der Waals surface area (Å²) in [6.07, 6.45) is 3.73. The molecule has 0 radical (unpaired) electrons. The van der Waals surface area contributed by atoms with Crippen molar-refractivity contribution in [1.29, 1.82) is 0 Å². The molecule has 0 fully saturated rings. The number of rotatable bonds is 12. The fraction of sp³-hybridized carbons (Fsp3) is 0.321. The van der Waals surface area contributed by atoms with Crippen molar-refractivity contribution in [2.24, 2.45) is 0 Å². The Bertz CT molecular complexity index is 1100. The normalized spacial score (nSPS) is 10.8. The molecule has 0 atom stereocenters. The largest absolute Gasteiger partial charge is 0.508 e. The van der Waals surface area contributed by atoms with Crippen LogP contribution in [0.2, 0.25) is 5.02 Å². The quantitative estimate of drug-likeness (QED) is 0.168. The monoisotopic (exact) mass is 498 g/mol. The van der Waals surface area contributed by atoms with Crippen molar-refractivity contribution in [3.8, 4) is 11.5 Å². The smallest absolute Gasteiger partial charge is 0.309 e. The van der Waals surface area contributed by atoms with Crippen molar-refractivity contribution in [1.82, 2.24) is 0 Å². The molecule has 4 nitrogen and oxygen atoms in total. The van der Waals surface area contributed by atoms with Crippen molar-refractivity contribution in [2.45, 2.75) is 43.9 Å². The average Bonchev–Trinajstić information content (AvgIpc) is 2.83. The van der Waals surface area contributed by atoms with Gasteiger partial charge in [-0.15, -0.1) is 11.8 Å². The summed E-state index contributed by atoms with van der Waals surface area (Å²) in [7, 11) is 1.38. The van der Waals surface area contributed by atoms with Crippen LogP contribution in [0.1, 0.15) is 42.0 Å². The standard InChI is InChI=1S/C28H31ClO4S/c1-3-8-23-21(19-22-9-4-5-11-25(22)30)10-6-12-26(23)33-15-7-16-34-27-14-13-20(17-24(27)29)18-28(31)32-2/h4-6,9-14,17,30H,3,7-8,15-16,18-19H2,1-2H3. The lowest BCUT2D eigenvalue weighted by molar-refractivity contribution is -0.139. The van der Waals surface area contributed by atoms with Crippen molar-refractivity contribution in [3.05, 3.63) is 87.9 Å². The summed E-state index contributed by atoms with van der Waals surface area (Å²) in [4.78, 5) is 12.4. The highest BCUT2D eigenvalue weighted by molar-refractivity contribution is 7.99. The minimum atomic E-state index is -0.277. The summed E-state index contributed by atoms with van der Waals surface area (Å²) in [6.45, 7) is 2.78. The SMILES string of the molecule is CCCc1c(Cc2ccccc2O)cccc1OCCCSc1ccc(CC(=O)OC)cc1Cl. The third-order valence-corrected chi connectivity index (χ3v) is 7.06. The van der Waals surface area contributed by atoms with Crippen molar-refractivity contribution >= 4 is 29.3 Å². The van der Waals surface area contributed by atoms with E-state index in [0.29, 0.717) is 23.8 Å². The van der Waals surface area contributed by atoms with Crippen LogP contribution in [0.5, 0.6) is 11.5 Å². The molecule has 0 saturated carbocycles. The first kappa shape index (κ1) is 26.0. The number of para-hydroxylation sites is 1. The molecule has 0 saturated heterocycles. The van der Waals surface area contributed by atoms with E-state index >= 15 is 0 Å². The third kappa shape index (κ3) is 7.44. The number of carbonyl (C=O) groups is 1. The summed E-state index contributed by atoms with van der Waals surface area (Å²) in [5.74, 6) is 1.84. The van der Waals surface area contributed by atoms with E-state index in [0.717, 1.165) is 46.8 Å². The highest BCUT2D eigenvalue weighted by Gasteiger charge is 2.12. The van der Waals surface area contributed by atoms with Crippen LogP contribution in [-0.2, 0) is 28.8 Å². The van der Waals surface area contributed by atoms with Crippen LogP contribution in [0.3, 0.4) is 0 Å². The van der Waals surface area contributed by atoms with Crippen molar-refractivity contribution < 1.29 is 19.4 Å². The lowest BCUT2D eigenvalue weighted by Gasteiger charge is -2.16. The Labute approximate surface area is 211 Å². The first-order valence-electron chi connectivity index (χ1n) is 11.5. The molecule has 3 aromatic rings. The fourth-order valence-corrected chi connectivity index (χ4v) is 4.95. The van der Waals surface area contributed by atoms with Crippen molar-refractivity contribution in [3.63, 3.8) is 0 Å². The number of methoxy groups -OCH3 is 1. The second kappa shape index (κ2) is 13.3. The molecule has 0 aliphatic rings. The zero-order valence-electron chi connectivity index (χ0n) is 19.7. The van der Waals surface area contributed by atoms with Crippen LogP contribution < -0.4 is 4.74 Å². The summed E-state index contributed by atoms with van der Waals surface area (Å²) in [5, 5.41) is 10.8. The molecule has 34 heavy (non-hydrogen) atoms. The number of phenols is 1. The Morgan fingerprint density at radius 2 is 1.85 bits per heavy atom. The molecule has 0 aromatic heterocycles. The Hall–Kier alpha value is -2.63. The van der Waals surface area contributed by atoms with Crippen molar-refractivity contribution in [2.75, 3.05) is 19.5 Å². The number of halogens is 1. The Balaban J connectivity index is 1.55. The topological polar surface area (TPSA) is 55.8 Å². The van der Waals surface area contributed by atoms with E-state index in [-0.39, 0.29) is 12.4 Å². The number of phenolic OH excluding ortho intramolecular Hbond substituents is 1. The molecule has 3 rings (SSSR count). The maximum absolute atomic E-state index is 11.4. The van der Waals surface area contributed by atoms with Gasteiger partial charge in [0.05, 0.1) is 25.2 Å². The number of benzene rings is 3. The number of ether oxygens (including phenoxy) is 2. The second-order valence-corrected chi connectivity index (χ2v) is 9.56. The van der Waals surface area contributed by atoms with E-state index in [1.54, 1.807) is 17.8 Å². The Morgan fingerprint density at radius 1 is 1.06 bits per heavy atom. The predicted octanol–water partition coefficient (Wildman–Crippen LogP) is 6.87. The number of hydrogen-bond donors (Lipinski definition) is 1. The van der Waals surface area contributed by atoms with Gasteiger partial charge < -0.3 is 14.6 Å². The number of thioether (sulfide) groups is 1. The van der Waals surface area contributed by atoms with Gasteiger partial charge in [0, 0.05) is 17.1 Å². The predicted molar refractivity (Wildman–Crippen MR) is 139 cm³/mol. The molecule has 0 aliphatic carbocycles. The molecule has 0 aliphatic heterocycles. The summed E-state index contributed by atoms with van der Waals surface area (Å²) in [6, 6.07) is 19.3. The number of hydrogen-bond acceptors (Lipinski definition) is 5. The highest BCUT2D eigenvalue weighted by Crippen LogP contribution is 2.30. The van der Waals surface area contributed by atoms with E-state index in [2.05, 4.69) is 13.0 Å². The zero-order chi connectivity index (χ0) is 24.3. The van der Waals surface area contributed by atoms with E-state index in [4.69, 9.17) is 21.1 Å². The summed E-state index contributed by atoms with van der Waals surface area (Å²) < 4.78 is 10.9. The maximum Gasteiger partial charge on any atom is 0.309 e. The first-order chi connectivity index (χ1) is 16.5. The van der Waals surface area contributed by atoms with Gasteiger partial charge in [-0.2, -0.15) is 0 Å². The Morgan fingerprint density at radius 3 is 2.59 bits per heavy atom. The lowest BCUT2D eigenvalue weighted by atomic mass is 9.96. The van der Waals surface area contributed by atoms with Crippen LogP contribution in [0.15, 0.2) is 65.6 Å². The van der Waals surface area contributed by atoms with Gasteiger partial charge in [0.15, 0.2) is 0 Å². The first-order valence-corrected chi connectivity index (χ1v) is 12.9. The average molecular weight is 499 g/mol. The van der Waals surface area contributed by atoms with Gasteiger partial charge in [0.25, 0.3) is 0 Å². The van der Waals surface area contributed by atoms with Gasteiger partial charge in [0.2, 0.25) is 0 Å². The zero-order valence-corrected chi connectivity index (χ0v) is 21.3. The molecule has 0 spiro atoms. The highest BCUT2D eigenvalue weighted by atomic mass is 35.5. The van der Waals surface area contributed by atoms with Gasteiger partial charge in [-0.25, -0.2) is 0 Å². The maximum atomic E-state index is 11.4. The third-order valence-electron chi connectivity index (χ3n) is 5.48. The number of aromatic hydroxyl groups is 1. The fourth-order valence-electron chi connectivity index (χ4n) is 3.74. The van der Waals surface area contributed by atoms with Gasteiger partial charge in [-0.3, -0.25) is 4.79 Å². The summed E-state index contributed by atoms with van der Waals surface area (Å²) in [5.41, 5.74) is 4.17.